The van der Waals surface area contributed by atoms with Gasteiger partial charge >= 0.3 is 0 Å². The van der Waals surface area contributed by atoms with E-state index in [1.165, 1.54) is 10.5 Å². The number of hydrogen-bond donors (Lipinski definition) is 0. The molecule has 4 nitrogen and oxygen atoms in total. The molecular weight excluding hydrogens is 290 g/mol. The second-order valence-electron chi connectivity index (χ2n) is 5.64. The van der Waals surface area contributed by atoms with Gasteiger partial charge in [-0.2, -0.15) is 0 Å². The van der Waals surface area contributed by atoms with Gasteiger partial charge in [-0.25, -0.2) is 0 Å². The van der Waals surface area contributed by atoms with Crippen molar-refractivity contribution in [1.29, 1.82) is 0 Å². The SMILES string of the molecule is CO[C@H](CCN1C(=O)c2ccccc2C1=O)Cc1ccccc1. The molecule has 0 unspecified atom stereocenters. The summed E-state index contributed by atoms with van der Waals surface area (Å²) < 4.78 is 5.51. The number of amides is 2. The maximum absolute atomic E-state index is 12.3. The molecule has 1 heterocycles. The molecule has 2 amide bonds. The van der Waals surface area contributed by atoms with Crippen LogP contribution < -0.4 is 0 Å². The van der Waals surface area contributed by atoms with Gasteiger partial charge in [0.15, 0.2) is 0 Å². The monoisotopic (exact) mass is 309 g/mol. The smallest absolute Gasteiger partial charge is 0.261 e. The lowest BCUT2D eigenvalue weighted by Gasteiger charge is -2.19. The Morgan fingerprint density at radius 1 is 0.913 bits per heavy atom. The van der Waals surface area contributed by atoms with Crippen LogP contribution in [0.2, 0.25) is 0 Å². The zero-order chi connectivity index (χ0) is 16.2. The number of imide groups is 1. The molecule has 1 aliphatic rings. The molecule has 0 fully saturated rings. The van der Waals surface area contributed by atoms with Crippen LogP contribution in [0.5, 0.6) is 0 Å². The number of rotatable bonds is 6. The van der Waals surface area contributed by atoms with Crippen LogP contribution in [0.1, 0.15) is 32.7 Å². The molecule has 0 aromatic heterocycles. The molecule has 2 aromatic carbocycles. The summed E-state index contributed by atoms with van der Waals surface area (Å²) in [5.74, 6) is -0.416. The Labute approximate surface area is 135 Å². The van der Waals surface area contributed by atoms with E-state index in [1.54, 1.807) is 31.4 Å². The molecule has 1 aliphatic heterocycles. The number of ether oxygens (including phenoxy) is 1. The lowest BCUT2D eigenvalue weighted by atomic mass is 10.1. The summed E-state index contributed by atoms with van der Waals surface area (Å²) in [6.07, 6.45) is 1.36. The molecule has 0 saturated carbocycles. The van der Waals surface area contributed by atoms with Crippen molar-refractivity contribution < 1.29 is 14.3 Å². The molecule has 3 rings (SSSR count). The van der Waals surface area contributed by atoms with Crippen LogP contribution in [0.3, 0.4) is 0 Å². The minimum Gasteiger partial charge on any atom is -0.381 e. The fourth-order valence-electron chi connectivity index (χ4n) is 2.90. The first-order valence-electron chi connectivity index (χ1n) is 7.72. The van der Waals surface area contributed by atoms with Gasteiger partial charge in [0.25, 0.3) is 11.8 Å². The molecule has 2 aromatic rings. The van der Waals surface area contributed by atoms with E-state index in [-0.39, 0.29) is 17.9 Å². The molecule has 4 heteroatoms. The van der Waals surface area contributed by atoms with Crippen molar-refractivity contribution in [2.45, 2.75) is 18.9 Å². The van der Waals surface area contributed by atoms with Gasteiger partial charge in [-0.1, -0.05) is 42.5 Å². The third kappa shape index (κ3) is 3.17. The summed E-state index contributed by atoms with van der Waals surface area (Å²) in [5, 5.41) is 0. The summed E-state index contributed by atoms with van der Waals surface area (Å²) in [5.41, 5.74) is 2.17. The van der Waals surface area contributed by atoms with Crippen LogP contribution in [0.25, 0.3) is 0 Å². The van der Waals surface area contributed by atoms with Gasteiger partial charge in [0.05, 0.1) is 17.2 Å². The van der Waals surface area contributed by atoms with Crippen molar-refractivity contribution in [3.63, 3.8) is 0 Å². The molecule has 0 bridgehead atoms. The van der Waals surface area contributed by atoms with Gasteiger partial charge < -0.3 is 4.74 Å². The lowest BCUT2D eigenvalue weighted by Crippen LogP contribution is -2.33. The zero-order valence-electron chi connectivity index (χ0n) is 13.1. The van der Waals surface area contributed by atoms with Crippen molar-refractivity contribution in [3.05, 3.63) is 71.3 Å². The van der Waals surface area contributed by atoms with E-state index < -0.39 is 0 Å². The van der Waals surface area contributed by atoms with Crippen molar-refractivity contribution in [1.82, 2.24) is 4.90 Å². The first-order chi connectivity index (χ1) is 11.2. The predicted molar refractivity (Wildman–Crippen MR) is 87.4 cm³/mol. The Morgan fingerprint density at radius 2 is 1.48 bits per heavy atom. The largest absolute Gasteiger partial charge is 0.381 e. The second kappa shape index (κ2) is 6.75. The minimum atomic E-state index is -0.208. The maximum Gasteiger partial charge on any atom is 0.261 e. The van der Waals surface area contributed by atoms with E-state index in [9.17, 15) is 9.59 Å². The van der Waals surface area contributed by atoms with Crippen molar-refractivity contribution in [3.8, 4) is 0 Å². The molecule has 0 aliphatic carbocycles. The molecule has 0 spiro atoms. The average Bonchev–Trinajstić information content (AvgIpc) is 2.84. The van der Waals surface area contributed by atoms with Crippen LogP contribution in [0.4, 0.5) is 0 Å². The Hall–Kier alpha value is -2.46. The molecule has 0 saturated heterocycles. The van der Waals surface area contributed by atoms with Crippen LogP contribution in [-0.2, 0) is 11.2 Å². The van der Waals surface area contributed by atoms with Crippen LogP contribution in [0.15, 0.2) is 54.6 Å². The topological polar surface area (TPSA) is 46.6 Å². The third-order valence-corrected chi connectivity index (χ3v) is 4.19. The summed E-state index contributed by atoms with van der Waals surface area (Å²) >= 11 is 0. The highest BCUT2D eigenvalue weighted by molar-refractivity contribution is 6.21. The number of fused-ring (bicyclic) bond motifs is 1. The van der Waals surface area contributed by atoms with Gasteiger partial charge in [0.2, 0.25) is 0 Å². The second-order valence-corrected chi connectivity index (χ2v) is 5.64. The molecule has 0 radical (unpaired) electrons. The number of carbonyl (C=O) groups is 2. The summed E-state index contributed by atoms with van der Waals surface area (Å²) in [4.78, 5) is 26.0. The first kappa shape index (κ1) is 15.4. The van der Waals surface area contributed by atoms with Gasteiger partial charge in [-0.15, -0.1) is 0 Å². The van der Waals surface area contributed by atoms with E-state index in [1.807, 2.05) is 30.3 Å². The third-order valence-electron chi connectivity index (χ3n) is 4.19. The van der Waals surface area contributed by atoms with E-state index in [4.69, 9.17) is 4.74 Å². The highest BCUT2D eigenvalue weighted by atomic mass is 16.5. The molecule has 1 atom stereocenters. The van der Waals surface area contributed by atoms with Crippen molar-refractivity contribution in [2.24, 2.45) is 0 Å². The Morgan fingerprint density at radius 3 is 2.04 bits per heavy atom. The lowest BCUT2D eigenvalue weighted by molar-refractivity contribution is 0.0573. The molecular formula is C19H19NO3. The van der Waals surface area contributed by atoms with Crippen molar-refractivity contribution in [2.75, 3.05) is 13.7 Å². The summed E-state index contributed by atoms with van der Waals surface area (Å²) in [7, 11) is 1.66. The summed E-state index contributed by atoms with van der Waals surface area (Å²) in [6, 6.07) is 17.0. The Bertz CT molecular complexity index is 677. The van der Waals surface area contributed by atoms with Gasteiger partial charge in [0.1, 0.15) is 0 Å². The predicted octanol–water partition coefficient (Wildman–Crippen LogP) is 2.93. The number of carbonyl (C=O) groups excluding carboxylic acids is 2. The van der Waals surface area contributed by atoms with Gasteiger partial charge in [-0.05, 0) is 30.5 Å². The fourth-order valence-corrected chi connectivity index (χ4v) is 2.90. The van der Waals surface area contributed by atoms with E-state index in [2.05, 4.69) is 0 Å². The Kier molecular flexibility index (Phi) is 4.53. The number of nitrogens with zero attached hydrogens (tertiary/aromatic N) is 1. The highest BCUT2D eigenvalue weighted by Crippen LogP contribution is 2.23. The quantitative estimate of drug-likeness (QED) is 0.771. The highest BCUT2D eigenvalue weighted by Gasteiger charge is 2.34. The molecule has 0 N–H and O–H groups in total. The molecule has 23 heavy (non-hydrogen) atoms. The first-order valence-corrected chi connectivity index (χ1v) is 7.72. The maximum atomic E-state index is 12.3. The normalized spacial score (nSPS) is 14.9. The summed E-state index contributed by atoms with van der Waals surface area (Å²) in [6.45, 7) is 0.373. The zero-order valence-corrected chi connectivity index (χ0v) is 13.1. The van der Waals surface area contributed by atoms with Crippen LogP contribution >= 0.6 is 0 Å². The molecule has 118 valence electrons. The Balaban J connectivity index is 1.64. The van der Waals surface area contributed by atoms with Crippen LogP contribution in [0, 0.1) is 0 Å². The number of methoxy groups -OCH3 is 1. The van der Waals surface area contributed by atoms with E-state index in [0.717, 1.165) is 6.42 Å². The van der Waals surface area contributed by atoms with Crippen molar-refractivity contribution >= 4 is 11.8 Å². The number of benzene rings is 2. The van der Waals surface area contributed by atoms with Gasteiger partial charge in [-0.3, -0.25) is 14.5 Å². The minimum absolute atomic E-state index is 0.0262. The average molecular weight is 309 g/mol. The fraction of sp³-hybridized carbons (Fsp3) is 0.263. The van der Waals surface area contributed by atoms with Crippen LogP contribution in [-0.4, -0.2) is 36.5 Å². The van der Waals surface area contributed by atoms with E-state index in [0.29, 0.717) is 24.1 Å². The van der Waals surface area contributed by atoms with Gasteiger partial charge in [0, 0.05) is 13.7 Å². The van der Waals surface area contributed by atoms with E-state index >= 15 is 0 Å². The number of hydrogen-bond acceptors (Lipinski definition) is 3. The standard InChI is InChI=1S/C19H19NO3/c1-23-15(13-14-7-3-2-4-8-14)11-12-20-18(21)16-9-5-6-10-17(16)19(20)22/h2-10,15H,11-13H2,1H3/t15-/m1/s1.